The molecule has 0 aliphatic carbocycles. The number of esters is 3. The Balaban J connectivity index is 3.26. The van der Waals surface area contributed by atoms with E-state index in [1.807, 2.05) is 0 Å². The minimum Gasteiger partial charge on any atom is -0.469 e. The molecular formula is C17H22O7. The third-order valence-electron chi connectivity index (χ3n) is 3.61. The van der Waals surface area contributed by atoms with E-state index in [0.29, 0.717) is 5.56 Å². The molecule has 1 rings (SSSR count). The minimum atomic E-state index is -1.76. The molecule has 1 N–H and O–H groups in total. The predicted octanol–water partition coefficient (Wildman–Crippen LogP) is 1.05. The van der Waals surface area contributed by atoms with Crippen LogP contribution in [0.5, 0.6) is 0 Å². The number of ether oxygens (including phenoxy) is 3. The number of aliphatic hydroxyl groups is 1. The second kappa shape index (κ2) is 9.67. The van der Waals surface area contributed by atoms with E-state index < -0.39 is 35.8 Å². The van der Waals surface area contributed by atoms with E-state index in [-0.39, 0.29) is 13.0 Å². The largest absolute Gasteiger partial charge is 0.469 e. The number of aliphatic hydroxyl groups excluding tert-OH is 1. The summed E-state index contributed by atoms with van der Waals surface area (Å²) in [6.45, 7) is 1.85. The van der Waals surface area contributed by atoms with Crippen LogP contribution in [0.3, 0.4) is 0 Å². The summed E-state index contributed by atoms with van der Waals surface area (Å²) in [5, 5.41) is 10.2. The Morgan fingerprint density at radius 1 is 1.04 bits per heavy atom. The first-order valence-corrected chi connectivity index (χ1v) is 7.50. The molecule has 0 bridgehead atoms. The van der Waals surface area contributed by atoms with Crippen LogP contribution in [0.15, 0.2) is 30.3 Å². The Morgan fingerprint density at radius 3 is 2.12 bits per heavy atom. The summed E-state index contributed by atoms with van der Waals surface area (Å²) < 4.78 is 14.2. The summed E-state index contributed by atoms with van der Waals surface area (Å²) in [6, 6.07) is 8.63. The maximum absolute atomic E-state index is 12.2. The molecule has 0 amide bonds. The van der Waals surface area contributed by atoms with Crippen LogP contribution in [-0.2, 0) is 28.6 Å². The first-order chi connectivity index (χ1) is 11.5. The van der Waals surface area contributed by atoms with Crippen LogP contribution in [0.4, 0.5) is 0 Å². The molecule has 0 aliphatic heterocycles. The summed E-state index contributed by atoms with van der Waals surface area (Å²) in [6.07, 6.45) is -1.95. The van der Waals surface area contributed by atoms with Crippen molar-refractivity contribution in [3.05, 3.63) is 35.9 Å². The molecule has 0 fully saturated rings. The van der Waals surface area contributed by atoms with E-state index in [4.69, 9.17) is 9.47 Å². The lowest BCUT2D eigenvalue weighted by molar-refractivity contribution is -0.165. The first-order valence-electron chi connectivity index (χ1n) is 7.50. The SMILES string of the molecule is CCOC(=O)C[C@@H](c1ccccc1)[C@@H](C(=O)OC)[C@@H](O)C(=O)OC. The average molecular weight is 338 g/mol. The monoisotopic (exact) mass is 338 g/mol. The van der Waals surface area contributed by atoms with Gasteiger partial charge in [-0.3, -0.25) is 9.59 Å². The van der Waals surface area contributed by atoms with E-state index in [1.54, 1.807) is 37.3 Å². The standard InChI is InChI=1S/C17H22O7/c1-4-24-13(18)10-12(11-8-6-5-7-9-11)14(16(20)22-2)15(19)17(21)23-3/h5-9,12,14-15,19H,4,10H2,1-3H3/t12-,14+,15+/m0/s1. The highest BCUT2D eigenvalue weighted by atomic mass is 16.5. The summed E-state index contributed by atoms with van der Waals surface area (Å²) in [7, 11) is 2.24. The smallest absolute Gasteiger partial charge is 0.335 e. The third kappa shape index (κ3) is 5.06. The van der Waals surface area contributed by atoms with E-state index in [2.05, 4.69) is 4.74 Å². The molecule has 7 nitrogen and oxygen atoms in total. The zero-order chi connectivity index (χ0) is 18.1. The topological polar surface area (TPSA) is 99.1 Å². The van der Waals surface area contributed by atoms with Gasteiger partial charge in [0.1, 0.15) is 5.92 Å². The number of rotatable bonds is 8. The number of benzene rings is 1. The van der Waals surface area contributed by atoms with Crippen molar-refractivity contribution in [2.24, 2.45) is 5.92 Å². The summed E-state index contributed by atoms with van der Waals surface area (Å²) in [5.74, 6) is -4.43. The van der Waals surface area contributed by atoms with Gasteiger partial charge in [-0.15, -0.1) is 0 Å². The lowest BCUT2D eigenvalue weighted by Crippen LogP contribution is -2.41. The molecule has 3 atom stereocenters. The molecule has 24 heavy (non-hydrogen) atoms. The number of methoxy groups -OCH3 is 2. The molecule has 132 valence electrons. The normalized spacial score (nSPS) is 14.2. The Morgan fingerprint density at radius 2 is 1.62 bits per heavy atom. The summed E-state index contributed by atoms with van der Waals surface area (Å²) in [4.78, 5) is 35.8. The van der Waals surface area contributed by atoms with Crippen LogP contribution in [-0.4, -0.2) is 49.9 Å². The van der Waals surface area contributed by atoms with Gasteiger partial charge in [-0.1, -0.05) is 30.3 Å². The predicted molar refractivity (Wildman–Crippen MR) is 84.0 cm³/mol. The van der Waals surface area contributed by atoms with Crippen molar-refractivity contribution in [1.29, 1.82) is 0 Å². The molecule has 0 aromatic heterocycles. The van der Waals surface area contributed by atoms with Crippen LogP contribution in [0, 0.1) is 5.92 Å². The van der Waals surface area contributed by atoms with Crippen LogP contribution < -0.4 is 0 Å². The number of carbonyl (C=O) groups is 3. The maximum atomic E-state index is 12.2. The fourth-order valence-electron chi connectivity index (χ4n) is 2.47. The zero-order valence-electron chi connectivity index (χ0n) is 13.9. The molecule has 7 heteroatoms. The van der Waals surface area contributed by atoms with Crippen molar-refractivity contribution in [2.75, 3.05) is 20.8 Å². The molecule has 1 aromatic rings. The van der Waals surface area contributed by atoms with E-state index in [0.717, 1.165) is 14.2 Å². The van der Waals surface area contributed by atoms with Gasteiger partial charge < -0.3 is 19.3 Å². The summed E-state index contributed by atoms with van der Waals surface area (Å²) >= 11 is 0. The lowest BCUT2D eigenvalue weighted by Gasteiger charge is -2.27. The van der Waals surface area contributed by atoms with Gasteiger partial charge in [0.2, 0.25) is 0 Å². The van der Waals surface area contributed by atoms with Crippen molar-refractivity contribution >= 4 is 17.9 Å². The van der Waals surface area contributed by atoms with Crippen LogP contribution in [0.1, 0.15) is 24.8 Å². The highest BCUT2D eigenvalue weighted by Gasteiger charge is 2.41. The Bertz CT molecular complexity index is 555. The highest BCUT2D eigenvalue weighted by molar-refractivity contribution is 5.85. The molecule has 0 spiro atoms. The van der Waals surface area contributed by atoms with Crippen molar-refractivity contribution in [2.45, 2.75) is 25.4 Å². The zero-order valence-corrected chi connectivity index (χ0v) is 13.9. The quantitative estimate of drug-likeness (QED) is 0.558. The molecule has 0 saturated carbocycles. The molecule has 1 aromatic carbocycles. The second-order valence-electron chi connectivity index (χ2n) is 5.04. The van der Waals surface area contributed by atoms with Crippen molar-refractivity contribution in [1.82, 2.24) is 0 Å². The van der Waals surface area contributed by atoms with Gasteiger partial charge in [0.15, 0.2) is 6.10 Å². The van der Waals surface area contributed by atoms with Crippen LogP contribution in [0.2, 0.25) is 0 Å². The molecule has 0 unspecified atom stereocenters. The van der Waals surface area contributed by atoms with Gasteiger partial charge in [-0.2, -0.15) is 0 Å². The van der Waals surface area contributed by atoms with Gasteiger partial charge in [0, 0.05) is 5.92 Å². The Labute approximate surface area is 140 Å². The second-order valence-corrected chi connectivity index (χ2v) is 5.04. The molecule has 0 heterocycles. The van der Waals surface area contributed by atoms with Gasteiger partial charge in [0.25, 0.3) is 0 Å². The Hall–Kier alpha value is -2.41. The van der Waals surface area contributed by atoms with Crippen molar-refractivity contribution in [3.8, 4) is 0 Å². The van der Waals surface area contributed by atoms with Gasteiger partial charge in [-0.05, 0) is 12.5 Å². The van der Waals surface area contributed by atoms with Crippen LogP contribution in [0.25, 0.3) is 0 Å². The number of hydrogen-bond donors (Lipinski definition) is 1. The van der Waals surface area contributed by atoms with E-state index in [1.165, 1.54) is 0 Å². The fourth-order valence-corrected chi connectivity index (χ4v) is 2.47. The van der Waals surface area contributed by atoms with Gasteiger partial charge in [-0.25, -0.2) is 4.79 Å². The van der Waals surface area contributed by atoms with Gasteiger partial charge in [0.05, 0.1) is 27.2 Å². The van der Waals surface area contributed by atoms with E-state index >= 15 is 0 Å². The maximum Gasteiger partial charge on any atom is 0.335 e. The average Bonchev–Trinajstić information content (AvgIpc) is 2.60. The lowest BCUT2D eigenvalue weighted by atomic mass is 9.80. The van der Waals surface area contributed by atoms with Gasteiger partial charge >= 0.3 is 17.9 Å². The third-order valence-corrected chi connectivity index (χ3v) is 3.61. The molecule has 0 saturated heterocycles. The highest BCUT2D eigenvalue weighted by Crippen LogP contribution is 2.32. The van der Waals surface area contributed by atoms with Crippen LogP contribution >= 0.6 is 0 Å². The van der Waals surface area contributed by atoms with E-state index in [9.17, 15) is 19.5 Å². The number of carbonyl (C=O) groups excluding carboxylic acids is 3. The fraction of sp³-hybridized carbons (Fsp3) is 0.471. The minimum absolute atomic E-state index is 0.183. The van der Waals surface area contributed by atoms with Crippen molar-refractivity contribution < 1.29 is 33.7 Å². The number of hydrogen-bond acceptors (Lipinski definition) is 7. The molecule has 0 aliphatic rings. The Kier molecular flexibility index (Phi) is 7.91. The van der Waals surface area contributed by atoms with Crippen molar-refractivity contribution in [3.63, 3.8) is 0 Å². The summed E-state index contributed by atoms with van der Waals surface area (Å²) in [5.41, 5.74) is 0.601. The molecule has 0 radical (unpaired) electrons. The molecular weight excluding hydrogens is 316 g/mol. The first kappa shape index (κ1) is 19.6.